The number of aryl methyl sites for hydroxylation is 1. The number of carbonyl (C=O) groups is 1. The Bertz CT molecular complexity index is 1100. The number of anilines is 1. The molecule has 3 rings (SSSR count). The van der Waals surface area contributed by atoms with Crippen molar-refractivity contribution in [3.05, 3.63) is 95.6 Å². The predicted molar refractivity (Wildman–Crippen MR) is 111 cm³/mol. The molecule has 0 aliphatic carbocycles. The van der Waals surface area contributed by atoms with E-state index in [4.69, 9.17) is 0 Å². The van der Waals surface area contributed by atoms with E-state index in [0.29, 0.717) is 16.8 Å². The molecule has 0 spiro atoms. The number of ketones is 1. The van der Waals surface area contributed by atoms with Crippen molar-refractivity contribution >= 4 is 27.3 Å². The zero-order valence-corrected chi connectivity index (χ0v) is 16.4. The molecule has 0 bridgehead atoms. The third-order valence-corrected chi connectivity index (χ3v) is 5.42. The average Bonchev–Trinajstić information content (AvgIpc) is 2.69. The van der Waals surface area contributed by atoms with Crippen molar-refractivity contribution in [2.45, 2.75) is 18.7 Å². The molecule has 0 heterocycles. The van der Waals surface area contributed by atoms with Gasteiger partial charge in [0.1, 0.15) is 0 Å². The van der Waals surface area contributed by atoms with Gasteiger partial charge in [-0.1, -0.05) is 48.0 Å². The highest BCUT2D eigenvalue weighted by atomic mass is 32.2. The largest absolute Gasteiger partial charge is 0.339 e. The summed E-state index contributed by atoms with van der Waals surface area (Å²) in [7, 11) is -3.89. The summed E-state index contributed by atoms with van der Waals surface area (Å²) >= 11 is 0. The van der Waals surface area contributed by atoms with Gasteiger partial charge in [-0.2, -0.15) is 8.42 Å². The van der Waals surface area contributed by atoms with Gasteiger partial charge in [-0.15, -0.1) is 4.40 Å². The van der Waals surface area contributed by atoms with Crippen molar-refractivity contribution in [1.29, 1.82) is 0 Å². The van der Waals surface area contributed by atoms with Crippen molar-refractivity contribution < 1.29 is 13.2 Å². The fourth-order valence-corrected chi connectivity index (χ4v) is 3.53. The Morgan fingerprint density at radius 1 is 0.821 bits per heavy atom. The van der Waals surface area contributed by atoms with Crippen LogP contribution in [0.15, 0.2) is 88.2 Å². The molecule has 1 N–H and O–H groups in total. The molecular weight excluding hydrogens is 372 g/mol. The van der Waals surface area contributed by atoms with Crippen molar-refractivity contribution in [2.75, 3.05) is 5.32 Å². The first-order valence-electron chi connectivity index (χ1n) is 8.70. The van der Waals surface area contributed by atoms with Crippen LogP contribution in [0.5, 0.6) is 0 Å². The fourth-order valence-electron chi connectivity index (χ4n) is 2.55. The van der Waals surface area contributed by atoms with Gasteiger partial charge in [0.15, 0.2) is 11.6 Å². The molecule has 0 saturated heterocycles. The number of rotatable bonds is 5. The lowest BCUT2D eigenvalue weighted by Crippen LogP contribution is -2.16. The maximum Gasteiger partial charge on any atom is 0.284 e. The molecule has 0 unspecified atom stereocenters. The van der Waals surface area contributed by atoms with Crippen LogP contribution in [0, 0.1) is 6.92 Å². The fraction of sp³-hybridized carbons (Fsp3) is 0.0909. The van der Waals surface area contributed by atoms with E-state index in [2.05, 4.69) is 9.71 Å². The monoisotopic (exact) mass is 392 g/mol. The van der Waals surface area contributed by atoms with E-state index in [9.17, 15) is 13.2 Å². The van der Waals surface area contributed by atoms with Crippen LogP contribution >= 0.6 is 0 Å². The maximum absolute atomic E-state index is 12.8. The van der Waals surface area contributed by atoms with E-state index >= 15 is 0 Å². The molecule has 3 aromatic rings. The van der Waals surface area contributed by atoms with Gasteiger partial charge in [-0.05, 0) is 50.2 Å². The Morgan fingerprint density at radius 3 is 2.00 bits per heavy atom. The Hall–Kier alpha value is -3.25. The molecule has 0 amide bonds. The molecule has 0 saturated carbocycles. The van der Waals surface area contributed by atoms with Gasteiger partial charge in [0.25, 0.3) is 10.0 Å². The number of hydrogen-bond acceptors (Lipinski definition) is 3. The van der Waals surface area contributed by atoms with E-state index in [-0.39, 0.29) is 16.5 Å². The summed E-state index contributed by atoms with van der Waals surface area (Å²) in [5.41, 5.74) is 2.81. The molecule has 0 fully saturated rings. The second-order valence-corrected chi connectivity index (χ2v) is 7.96. The van der Waals surface area contributed by atoms with Gasteiger partial charge < -0.3 is 5.32 Å². The van der Waals surface area contributed by atoms with Gasteiger partial charge in [0, 0.05) is 16.8 Å². The van der Waals surface area contributed by atoms with Gasteiger partial charge in [0.2, 0.25) is 0 Å². The Labute approximate surface area is 164 Å². The van der Waals surface area contributed by atoms with Gasteiger partial charge in [0.05, 0.1) is 4.90 Å². The van der Waals surface area contributed by atoms with Crippen LogP contribution in [0.1, 0.15) is 28.4 Å². The van der Waals surface area contributed by atoms with Gasteiger partial charge >= 0.3 is 0 Å². The van der Waals surface area contributed by atoms with Gasteiger partial charge in [-0.25, -0.2) is 0 Å². The minimum absolute atomic E-state index is 0.0366. The first-order valence-corrected chi connectivity index (χ1v) is 10.1. The van der Waals surface area contributed by atoms with Crippen LogP contribution in [0.25, 0.3) is 0 Å². The van der Waals surface area contributed by atoms with Crippen LogP contribution in [0.4, 0.5) is 5.69 Å². The normalized spacial score (nSPS) is 11.9. The minimum Gasteiger partial charge on any atom is -0.339 e. The maximum atomic E-state index is 12.8. The van der Waals surface area contributed by atoms with E-state index in [1.165, 1.54) is 6.92 Å². The lowest BCUT2D eigenvalue weighted by Gasteiger charge is -2.11. The number of benzene rings is 3. The van der Waals surface area contributed by atoms with Crippen molar-refractivity contribution in [3.63, 3.8) is 0 Å². The van der Waals surface area contributed by atoms with Crippen LogP contribution in [-0.2, 0) is 10.0 Å². The number of Topliss-reactive ketones (excluding diaryl/α,β-unsaturated/α-hetero) is 1. The number of hydrogen-bond donors (Lipinski definition) is 1. The highest BCUT2D eigenvalue weighted by Crippen LogP contribution is 2.17. The van der Waals surface area contributed by atoms with Gasteiger partial charge in [-0.3, -0.25) is 4.79 Å². The number of nitrogens with one attached hydrogen (secondary N) is 1. The van der Waals surface area contributed by atoms with Crippen LogP contribution in [-0.4, -0.2) is 20.0 Å². The predicted octanol–water partition coefficient (Wildman–Crippen LogP) is 4.45. The third-order valence-electron chi connectivity index (χ3n) is 4.13. The summed E-state index contributed by atoms with van der Waals surface area (Å²) in [6.07, 6.45) is 0. The molecule has 0 radical (unpaired) electrons. The zero-order valence-electron chi connectivity index (χ0n) is 15.6. The second-order valence-electron chi connectivity index (χ2n) is 6.35. The van der Waals surface area contributed by atoms with E-state index in [1.807, 2.05) is 25.1 Å². The lowest BCUT2D eigenvalue weighted by molar-refractivity contribution is 0.101. The van der Waals surface area contributed by atoms with Crippen LogP contribution in [0.3, 0.4) is 0 Å². The zero-order chi connectivity index (χ0) is 20.1. The lowest BCUT2D eigenvalue weighted by atomic mass is 10.1. The van der Waals surface area contributed by atoms with Crippen LogP contribution < -0.4 is 5.32 Å². The molecule has 0 aromatic heterocycles. The van der Waals surface area contributed by atoms with Crippen LogP contribution in [0.2, 0.25) is 0 Å². The first-order chi connectivity index (χ1) is 13.3. The third kappa shape index (κ3) is 4.72. The Morgan fingerprint density at radius 2 is 1.43 bits per heavy atom. The molecule has 28 heavy (non-hydrogen) atoms. The summed E-state index contributed by atoms with van der Waals surface area (Å²) in [4.78, 5) is 11.6. The number of sulfonamides is 1. The summed E-state index contributed by atoms with van der Waals surface area (Å²) in [6.45, 7) is 3.38. The SMILES string of the molecule is CC(=O)c1ccc(NC(=NS(=O)(=O)c2ccc(C)cc2)c2ccccc2)cc1. The Balaban J connectivity index is 2.01. The standard InChI is InChI=1S/C22H20N2O3S/c1-16-8-14-21(15-9-16)28(26,27)24-22(19-6-4-3-5-7-19)23-20-12-10-18(11-13-20)17(2)25/h3-15H,1-2H3,(H,23,24). The number of carbonyl (C=O) groups excluding carboxylic acids is 1. The molecule has 5 nitrogen and oxygen atoms in total. The van der Waals surface area contributed by atoms with Crippen molar-refractivity contribution in [2.24, 2.45) is 4.40 Å². The Kier molecular flexibility index (Phi) is 5.70. The smallest absolute Gasteiger partial charge is 0.284 e. The molecule has 0 atom stereocenters. The summed E-state index contributed by atoms with van der Waals surface area (Å²) in [5, 5.41) is 3.06. The van der Waals surface area contributed by atoms with E-state index in [0.717, 1.165) is 5.56 Å². The molecule has 0 aliphatic rings. The molecule has 142 valence electrons. The number of nitrogens with zero attached hydrogens (tertiary/aromatic N) is 1. The molecule has 3 aromatic carbocycles. The summed E-state index contributed by atoms with van der Waals surface area (Å²) in [5.74, 6) is 0.169. The highest BCUT2D eigenvalue weighted by Gasteiger charge is 2.16. The molecule has 0 aliphatic heterocycles. The molecule has 6 heteroatoms. The van der Waals surface area contributed by atoms with Crippen molar-refractivity contribution in [1.82, 2.24) is 0 Å². The summed E-state index contributed by atoms with van der Waals surface area (Å²) in [6, 6.07) is 22.4. The van der Waals surface area contributed by atoms with Crippen molar-refractivity contribution in [3.8, 4) is 0 Å². The van der Waals surface area contributed by atoms with E-state index in [1.54, 1.807) is 60.7 Å². The number of amidine groups is 1. The highest BCUT2D eigenvalue weighted by molar-refractivity contribution is 7.90. The minimum atomic E-state index is -3.89. The average molecular weight is 392 g/mol. The first kappa shape index (κ1) is 19.5. The quantitative estimate of drug-likeness (QED) is 0.395. The topological polar surface area (TPSA) is 75.6 Å². The summed E-state index contributed by atoms with van der Waals surface area (Å²) < 4.78 is 29.6. The van der Waals surface area contributed by atoms with E-state index < -0.39 is 10.0 Å². The molecular formula is C22H20N2O3S. The second kappa shape index (κ2) is 8.19.